The molecule has 0 aliphatic heterocycles. The first-order valence-corrected chi connectivity index (χ1v) is 4.47. The molecule has 128 valence electrons. The molecule has 0 amide bonds. The van der Waals surface area contributed by atoms with Crippen molar-refractivity contribution in [3.8, 4) is 0 Å². The minimum Gasteiger partial charge on any atom is -1.00 e. The van der Waals surface area contributed by atoms with Gasteiger partial charge in [-0.3, -0.25) is 4.98 Å². The van der Waals surface area contributed by atoms with E-state index in [4.69, 9.17) is 0 Å². The van der Waals surface area contributed by atoms with Gasteiger partial charge in [0.15, 0.2) is 0 Å². The number of rotatable bonds is 0. The molecule has 1 aromatic heterocycles. The van der Waals surface area contributed by atoms with Crippen LogP contribution in [0.25, 0.3) is 0 Å². The van der Waals surface area contributed by atoms with E-state index in [0.717, 1.165) is 0 Å². The van der Waals surface area contributed by atoms with Gasteiger partial charge in [0.1, 0.15) is 0 Å². The number of halogens is 12. The van der Waals surface area contributed by atoms with E-state index in [9.17, 15) is 51.8 Å². The van der Waals surface area contributed by atoms with Crippen molar-refractivity contribution < 1.29 is 105 Å². The Morgan fingerprint density at radius 2 is 0.682 bits per heavy atom. The van der Waals surface area contributed by atoms with Crippen molar-refractivity contribution in [2.75, 3.05) is 0 Å². The second kappa shape index (κ2) is 14.7. The van der Waals surface area contributed by atoms with Gasteiger partial charge in [0.25, 0.3) is 0 Å². The number of pyridine rings is 1. The van der Waals surface area contributed by atoms with E-state index in [2.05, 4.69) is 4.98 Å². The summed E-state index contributed by atoms with van der Waals surface area (Å²) >= 11 is 0. The summed E-state index contributed by atoms with van der Waals surface area (Å²) in [6, 6.07) is 5.72. The fourth-order valence-corrected chi connectivity index (χ4v) is 0.313. The molecule has 0 fully saturated rings. The summed E-state index contributed by atoms with van der Waals surface area (Å²) in [6.07, 6.45) is 3.50. The zero-order valence-electron chi connectivity index (χ0n) is 11.6. The van der Waals surface area contributed by atoms with E-state index in [0.29, 0.717) is 0 Å². The van der Waals surface area contributed by atoms with Gasteiger partial charge in [-0.15, -0.1) is 0 Å². The van der Waals surface area contributed by atoms with Gasteiger partial charge in [-0.2, -0.15) is 0 Å². The van der Waals surface area contributed by atoms with Crippen molar-refractivity contribution in [2.24, 2.45) is 0 Å². The van der Waals surface area contributed by atoms with Crippen molar-refractivity contribution in [3.05, 3.63) is 30.6 Å². The van der Waals surface area contributed by atoms with E-state index in [1.165, 1.54) is 0 Å². The number of hydrogen-bond donors (Lipinski definition) is 0. The molecule has 0 radical (unpaired) electrons. The molecule has 0 bridgehead atoms. The second-order valence-corrected chi connectivity index (χ2v) is 2.51. The molecule has 0 spiro atoms. The van der Waals surface area contributed by atoms with Crippen molar-refractivity contribution in [3.63, 3.8) is 0 Å². The molecule has 0 aliphatic rings. The molecule has 0 saturated carbocycles. The topological polar surface area (TPSA) is 12.9 Å². The molecule has 1 heterocycles. The van der Waals surface area contributed by atoms with Crippen LogP contribution in [0.15, 0.2) is 30.6 Å². The van der Waals surface area contributed by atoms with Gasteiger partial charge in [-0.25, -0.2) is 0 Å². The summed E-state index contributed by atoms with van der Waals surface area (Å²) in [6.45, 7) is 0. The standard InChI is InChI=1S/C5H5N.3BF4.K.H/c1-2-4-6-5-3-1;3*2-1(3,4)5;;/h1-5H;;;;;/q;3*-1;+1;-1. The third-order valence-corrected chi connectivity index (χ3v) is 0.566. The number of hydrogen-bond acceptors (Lipinski definition) is 1. The Bertz CT molecular complexity index is 259. The Kier molecular flexibility index (Phi) is 20.1. The minimum atomic E-state index is -6.00. The van der Waals surface area contributed by atoms with Gasteiger partial charge < -0.3 is 53.2 Å². The van der Waals surface area contributed by atoms with E-state index >= 15 is 0 Å². The maximum Gasteiger partial charge on any atom is 1.00 e. The summed E-state index contributed by atoms with van der Waals surface area (Å²) in [5.41, 5.74) is 0. The Balaban J connectivity index is -0.0000000612. The molecule has 0 N–H and O–H groups in total. The van der Waals surface area contributed by atoms with Crippen LogP contribution in [0.5, 0.6) is 0 Å². The summed E-state index contributed by atoms with van der Waals surface area (Å²) in [4.78, 5) is 3.78. The third-order valence-electron chi connectivity index (χ3n) is 0.566. The Morgan fingerprint density at radius 3 is 0.727 bits per heavy atom. The Labute approximate surface area is 161 Å². The first-order valence-electron chi connectivity index (χ1n) is 4.47. The van der Waals surface area contributed by atoms with Gasteiger partial charge in [-0.05, 0) is 12.1 Å². The van der Waals surface area contributed by atoms with Crippen molar-refractivity contribution >= 4 is 21.8 Å². The zero-order chi connectivity index (χ0) is 17.7. The number of nitrogens with zero attached hydrogens (tertiary/aromatic N) is 1. The van der Waals surface area contributed by atoms with Crippen LogP contribution in [0.2, 0.25) is 0 Å². The average molecular weight is 380 g/mol. The maximum atomic E-state index is 9.75. The first kappa shape index (κ1) is 30.1. The predicted molar refractivity (Wildman–Crippen MR) is 55.9 cm³/mol. The van der Waals surface area contributed by atoms with Crippen LogP contribution in [-0.4, -0.2) is 26.7 Å². The summed E-state index contributed by atoms with van der Waals surface area (Å²) in [5.74, 6) is 0. The fraction of sp³-hybridized carbons (Fsp3) is 0. The quantitative estimate of drug-likeness (QED) is 0.497. The molecule has 17 heteroatoms. The molecule has 0 aromatic carbocycles. The van der Waals surface area contributed by atoms with E-state index in [1.54, 1.807) is 12.4 Å². The van der Waals surface area contributed by atoms with E-state index in [1.807, 2.05) is 18.2 Å². The normalized spacial score (nSPS) is 10.4. The van der Waals surface area contributed by atoms with Gasteiger partial charge in [-0.1, -0.05) is 6.07 Å². The fourth-order valence-electron chi connectivity index (χ4n) is 0.313. The molecule has 0 atom stereocenters. The van der Waals surface area contributed by atoms with Crippen molar-refractivity contribution in [1.29, 1.82) is 0 Å². The SMILES string of the molecule is F[B-](F)(F)F.F[B-](F)(F)F.F[B-](F)(F)F.[H-].[K+].c1ccncc1. The smallest absolute Gasteiger partial charge is 1.00 e. The minimum absolute atomic E-state index is 0. The zero-order valence-corrected chi connectivity index (χ0v) is 13.7. The Hall–Kier alpha value is 0.141. The van der Waals surface area contributed by atoms with Gasteiger partial charge in [0, 0.05) is 12.4 Å². The maximum absolute atomic E-state index is 9.75. The van der Waals surface area contributed by atoms with Crippen molar-refractivity contribution in [2.45, 2.75) is 0 Å². The molecular formula is C5H6B3F12KN-3. The molecule has 1 nitrogen and oxygen atoms in total. The van der Waals surface area contributed by atoms with Crippen molar-refractivity contribution in [1.82, 2.24) is 4.98 Å². The van der Waals surface area contributed by atoms with Crippen LogP contribution < -0.4 is 51.4 Å². The summed E-state index contributed by atoms with van der Waals surface area (Å²) in [7, 11) is -18.0. The Morgan fingerprint density at radius 1 is 0.500 bits per heavy atom. The number of aromatic nitrogens is 1. The molecule has 0 unspecified atom stereocenters. The molecule has 0 aliphatic carbocycles. The average Bonchev–Trinajstić information content (AvgIpc) is 2.12. The largest absolute Gasteiger partial charge is 1.00 e. The summed E-state index contributed by atoms with van der Waals surface area (Å²) in [5, 5.41) is 0. The van der Waals surface area contributed by atoms with Crippen LogP contribution in [0.3, 0.4) is 0 Å². The van der Waals surface area contributed by atoms with Gasteiger partial charge in [0.2, 0.25) is 0 Å². The molecule has 0 saturated heterocycles. The van der Waals surface area contributed by atoms with Crippen LogP contribution in [-0.2, 0) is 0 Å². The predicted octanol–water partition coefficient (Wildman–Crippen LogP) is 2.10. The van der Waals surface area contributed by atoms with Crippen LogP contribution in [0.4, 0.5) is 51.8 Å². The van der Waals surface area contributed by atoms with Crippen LogP contribution >= 0.6 is 0 Å². The van der Waals surface area contributed by atoms with Gasteiger partial charge >= 0.3 is 73.1 Å². The molecule has 1 rings (SSSR count). The monoisotopic (exact) mass is 380 g/mol. The van der Waals surface area contributed by atoms with Crippen LogP contribution in [0, 0.1) is 0 Å². The van der Waals surface area contributed by atoms with Crippen LogP contribution in [0.1, 0.15) is 1.43 Å². The molecule has 22 heavy (non-hydrogen) atoms. The summed E-state index contributed by atoms with van der Waals surface area (Å²) < 4.78 is 117. The molecular weight excluding hydrogens is 374 g/mol. The first-order chi connectivity index (χ1) is 9.00. The van der Waals surface area contributed by atoms with E-state index < -0.39 is 21.8 Å². The molecule has 1 aromatic rings. The third kappa shape index (κ3) is 196. The van der Waals surface area contributed by atoms with Gasteiger partial charge in [0.05, 0.1) is 0 Å². The van der Waals surface area contributed by atoms with E-state index in [-0.39, 0.29) is 52.8 Å². The second-order valence-electron chi connectivity index (χ2n) is 2.51.